The maximum atomic E-state index is 12.1. The largest absolute Gasteiger partial charge is 0.302 e. The number of anilines is 2. The maximum absolute atomic E-state index is 12.1. The first-order chi connectivity index (χ1) is 11.5. The number of rotatable bonds is 5. The number of nitrogens with one attached hydrogen (secondary N) is 2. The Morgan fingerprint density at radius 1 is 1.25 bits per heavy atom. The van der Waals surface area contributed by atoms with Crippen molar-refractivity contribution in [3.8, 4) is 0 Å². The Morgan fingerprint density at radius 2 is 2.08 bits per heavy atom. The SMILES string of the molecule is CC(C)C(=O)Nc1nc(CC(=O)Nc2nnc3ccccn23)cs1. The minimum atomic E-state index is -0.250. The predicted molar refractivity (Wildman–Crippen MR) is 90.9 cm³/mol. The molecule has 8 nitrogen and oxygen atoms in total. The van der Waals surface area contributed by atoms with Crippen molar-refractivity contribution < 1.29 is 9.59 Å². The molecule has 0 aliphatic carbocycles. The van der Waals surface area contributed by atoms with E-state index < -0.39 is 0 Å². The van der Waals surface area contributed by atoms with Crippen LogP contribution in [0.1, 0.15) is 19.5 Å². The average Bonchev–Trinajstić information content (AvgIpc) is 3.15. The molecule has 0 atom stereocenters. The molecule has 0 aliphatic rings. The van der Waals surface area contributed by atoms with Crippen LogP contribution in [0.4, 0.5) is 11.1 Å². The van der Waals surface area contributed by atoms with E-state index in [1.54, 1.807) is 35.9 Å². The zero-order chi connectivity index (χ0) is 17.1. The monoisotopic (exact) mass is 344 g/mol. The first-order valence-corrected chi connectivity index (χ1v) is 8.26. The number of amides is 2. The van der Waals surface area contributed by atoms with Crippen molar-refractivity contribution in [2.45, 2.75) is 20.3 Å². The number of aromatic nitrogens is 4. The fourth-order valence-electron chi connectivity index (χ4n) is 1.96. The fourth-order valence-corrected chi connectivity index (χ4v) is 2.67. The number of hydrogen-bond donors (Lipinski definition) is 2. The lowest BCUT2D eigenvalue weighted by Gasteiger charge is -2.03. The van der Waals surface area contributed by atoms with Gasteiger partial charge in [0.05, 0.1) is 12.1 Å². The molecule has 2 N–H and O–H groups in total. The number of fused-ring (bicyclic) bond motifs is 1. The van der Waals surface area contributed by atoms with Crippen LogP contribution in [0.15, 0.2) is 29.8 Å². The molecule has 24 heavy (non-hydrogen) atoms. The molecular weight excluding hydrogens is 328 g/mol. The third kappa shape index (κ3) is 3.57. The molecule has 3 aromatic heterocycles. The van der Waals surface area contributed by atoms with Gasteiger partial charge in [0.2, 0.25) is 17.8 Å². The first kappa shape index (κ1) is 16.1. The van der Waals surface area contributed by atoms with E-state index >= 15 is 0 Å². The molecule has 3 heterocycles. The van der Waals surface area contributed by atoms with Gasteiger partial charge < -0.3 is 5.32 Å². The molecule has 0 saturated carbocycles. The third-order valence-electron chi connectivity index (χ3n) is 3.21. The molecule has 0 fully saturated rings. The highest BCUT2D eigenvalue weighted by Gasteiger charge is 2.13. The summed E-state index contributed by atoms with van der Waals surface area (Å²) >= 11 is 1.29. The van der Waals surface area contributed by atoms with Gasteiger partial charge in [-0.2, -0.15) is 0 Å². The summed E-state index contributed by atoms with van der Waals surface area (Å²) in [5, 5.41) is 15.6. The number of carbonyl (C=O) groups is 2. The smallest absolute Gasteiger partial charge is 0.235 e. The van der Waals surface area contributed by atoms with Gasteiger partial charge in [0.25, 0.3) is 0 Å². The van der Waals surface area contributed by atoms with Crippen LogP contribution in [0.5, 0.6) is 0 Å². The van der Waals surface area contributed by atoms with Gasteiger partial charge in [-0.25, -0.2) is 4.98 Å². The minimum absolute atomic E-state index is 0.0931. The Hall–Kier alpha value is -2.81. The Bertz CT molecular complexity index is 885. The second-order valence-corrected chi connectivity index (χ2v) is 6.32. The lowest BCUT2D eigenvalue weighted by molar-refractivity contribution is -0.119. The molecule has 9 heteroatoms. The summed E-state index contributed by atoms with van der Waals surface area (Å²) < 4.78 is 1.69. The summed E-state index contributed by atoms with van der Waals surface area (Å²) in [6.45, 7) is 3.61. The topological polar surface area (TPSA) is 101 Å². The van der Waals surface area contributed by atoms with E-state index in [-0.39, 0.29) is 24.2 Å². The van der Waals surface area contributed by atoms with Gasteiger partial charge in [-0.15, -0.1) is 21.5 Å². The van der Waals surface area contributed by atoms with Gasteiger partial charge in [-0.3, -0.25) is 19.3 Å². The summed E-state index contributed by atoms with van der Waals surface area (Å²) in [5.41, 5.74) is 1.24. The van der Waals surface area contributed by atoms with E-state index in [0.29, 0.717) is 22.4 Å². The van der Waals surface area contributed by atoms with Crippen molar-refractivity contribution >= 4 is 39.9 Å². The molecule has 3 rings (SSSR count). The Morgan fingerprint density at radius 3 is 2.88 bits per heavy atom. The number of pyridine rings is 1. The molecule has 0 aliphatic heterocycles. The lowest BCUT2D eigenvalue weighted by atomic mass is 10.2. The summed E-state index contributed by atoms with van der Waals surface area (Å²) in [6, 6.07) is 5.47. The van der Waals surface area contributed by atoms with Crippen molar-refractivity contribution in [3.05, 3.63) is 35.5 Å². The van der Waals surface area contributed by atoms with Crippen molar-refractivity contribution in [1.82, 2.24) is 19.6 Å². The highest BCUT2D eigenvalue weighted by molar-refractivity contribution is 7.13. The predicted octanol–water partition coefficient (Wildman–Crippen LogP) is 1.96. The van der Waals surface area contributed by atoms with E-state index in [2.05, 4.69) is 25.8 Å². The minimum Gasteiger partial charge on any atom is -0.302 e. The van der Waals surface area contributed by atoms with Crippen LogP contribution in [0.3, 0.4) is 0 Å². The lowest BCUT2D eigenvalue weighted by Crippen LogP contribution is -2.18. The highest BCUT2D eigenvalue weighted by Crippen LogP contribution is 2.17. The summed E-state index contributed by atoms with van der Waals surface area (Å²) in [6.07, 6.45) is 1.86. The van der Waals surface area contributed by atoms with Gasteiger partial charge in [0, 0.05) is 17.5 Å². The molecule has 0 saturated heterocycles. The zero-order valence-corrected chi connectivity index (χ0v) is 14.0. The maximum Gasteiger partial charge on any atom is 0.235 e. The molecule has 0 unspecified atom stereocenters. The summed E-state index contributed by atoms with van der Waals surface area (Å²) in [4.78, 5) is 28.0. The van der Waals surface area contributed by atoms with Gasteiger partial charge in [-0.1, -0.05) is 19.9 Å². The van der Waals surface area contributed by atoms with Gasteiger partial charge in [0.15, 0.2) is 10.8 Å². The first-order valence-electron chi connectivity index (χ1n) is 7.38. The van der Waals surface area contributed by atoms with Crippen LogP contribution >= 0.6 is 11.3 Å². The van der Waals surface area contributed by atoms with Crippen molar-refractivity contribution in [3.63, 3.8) is 0 Å². The standard InChI is InChI=1S/C15H16N6O2S/c1-9(2)13(23)18-15-16-10(8-24-15)7-12(22)17-14-20-19-11-5-3-4-6-21(11)14/h3-6,8-9H,7H2,1-2H3,(H,16,18,23)(H,17,20,22). The number of nitrogens with zero attached hydrogens (tertiary/aromatic N) is 4. The van der Waals surface area contributed by atoms with E-state index in [9.17, 15) is 9.59 Å². The normalized spacial score (nSPS) is 11.0. The molecule has 2 amide bonds. The van der Waals surface area contributed by atoms with Crippen LogP contribution < -0.4 is 10.6 Å². The molecule has 124 valence electrons. The fraction of sp³-hybridized carbons (Fsp3) is 0.267. The van der Waals surface area contributed by atoms with Crippen LogP contribution in [-0.4, -0.2) is 31.4 Å². The number of carbonyl (C=O) groups excluding carboxylic acids is 2. The van der Waals surface area contributed by atoms with Crippen molar-refractivity contribution in [2.75, 3.05) is 10.6 Å². The van der Waals surface area contributed by atoms with Crippen LogP contribution in [0.25, 0.3) is 5.65 Å². The van der Waals surface area contributed by atoms with E-state index in [1.807, 2.05) is 12.1 Å². The highest BCUT2D eigenvalue weighted by atomic mass is 32.1. The zero-order valence-electron chi connectivity index (χ0n) is 13.2. The number of hydrogen-bond acceptors (Lipinski definition) is 6. The Balaban J connectivity index is 1.63. The number of thiazole rings is 1. The molecular formula is C15H16N6O2S. The van der Waals surface area contributed by atoms with Crippen molar-refractivity contribution in [1.29, 1.82) is 0 Å². The van der Waals surface area contributed by atoms with Gasteiger partial charge in [0.1, 0.15) is 0 Å². The van der Waals surface area contributed by atoms with E-state index in [0.717, 1.165) is 0 Å². The molecule has 3 aromatic rings. The van der Waals surface area contributed by atoms with Crippen LogP contribution in [-0.2, 0) is 16.0 Å². The molecule has 0 spiro atoms. The van der Waals surface area contributed by atoms with Crippen LogP contribution in [0.2, 0.25) is 0 Å². The quantitative estimate of drug-likeness (QED) is 0.737. The van der Waals surface area contributed by atoms with E-state index in [4.69, 9.17) is 0 Å². The third-order valence-corrected chi connectivity index (χ3v) is 4.02. The molecule has 0 radical (unpaired) electrons. The summed E-state index contributed by atoms with van der Waals surface area (Å²) in [7, 11) is 0. The Kier molecular flexibility index (Phi) is 4.52. The average molecular weight is 344 g/mol. The summed E-state index contributed by atoms with van der Waals surface area (Å²) in [5.74, 6) is -0.114. The second-order valence-electron chi connectivity index (χ2n) is 5.47. The van der Waals surface area contributed by atoms with Gasteiger partial charge >= 0.3 is 0 Å². The Labute approximate surface area is 141 Å². The van der Waals surface area contributed by atoms with Gasteiger partial charge in [-0.05, 0) is 12.1 Å². The van der Waals surface area contributed by atoms with Crippen molar-refractivity contribution in [2.24, 2.45) is 5.92 Å². The van der Waals surface area contributed by atoms with E-state index in [1.165, 1.54) is 11.3 Å². The molecule has 0 aromatic carbocycles. The van der Waals surface area contributed by atoms with Crippen LogP contribution in [0, 0.1) is 5.92 Å². The second kappa shape index (κ2) is 6.75. The molecule has 0 bridgehead atoms.